The highest BCUT2D eigenvalue weighted by Crippen LogP contribution is 2.19. The first-order valence-electron chi connectivity index (χ1n) is 8.11. The van der Waals surface area contributed by atoms with E-state index in [1.54, 1.807) is 18.1 Å². The minimum absolute atomic E-state index is 0.582. The predicted octanol–water partition coefficient (Wildman–Crippen LogP) is 4.97. The fraction of sp³-hybridized carbons (Fsp3) is 0.250. The van der Waals surface area contributed by atoms with E-state index < -0.39 is 0 Å². The summed E-state index contributed by atoms with van der Waals surface area (Å²) in [5.41, 5.74) is 3.17. The molecule has 0 saturated carbocycles. The molecule has 0 saturated heterocycles. The number of anilines is 1. The van der Waals surface area contributed by atoms with Crippen LogP contribution in [0.4, 0.5) is 5.69 Å². The number of nitrogens with zero attached hydrogens (tertiary/aromatic N) is 1. The van der Waals surface area contributed by atoms with Crippen LogP contribution in [0.2, 0.25) is 0 Å². The molecule has 0 unspecified atom stereocenters. The van der Waals surface area contributed by atoms with Crippen LogP contribution in [-0.4, -0.2) is 24.0 Å². The summed E-state index contributed by atoms with van der Waals surface area (Å²) in [6.45, 7) is 9.00. The van der Waals surface area contributed by atoms with Gasteiger partial charge in [-0.2, -0.15) is 0 Å². The Morgan fingerprint density at radius 3 is 2.84 bits per heavy atom. The molecule has 1 aliphatic rings. The van der Waals surface area contributed by atoms with Crippen LogP contribution in [0.15, 0.2) is 78.5 Å². The zero-order chi connectivity index (χ0) is 17.9. The Balaban J connectivity index is 2.01. The van der Waals surface area contributed by atoms with Gasteiger partial charge < -0.3 is 14.2 Å². The number of allylic oxidation sites excluding steroid dienone is 3. The van der Waals surface area contributed by atoms with Crippen molar-refractivity contribution in [2.75, 3.05) is 23.7 Å². The highest BCUT2D eigenvalue weighted by molar-refractivity contribution is 8.00. The van der Waals surface area contributed by atoms with Crippen molar-refractivity contribution in [2.24, 2.45) is 0 Å². The van der Waals surface area contributed by atoms with E-state index in [1.165, 1.54) is 0 Å². The third-order valence-electron chi connectivity index (χ3n) is 3.37. The highest BCUT2D eigenvalue weighted by atomic mass is 32.2. The topological polar surface area (TPSA) is 43.4 Å². The molecule has 0 amide bonds. The average molecular weight is 356 g/mol. The van der Waals surface area contributed by atoms with Crippen LogP contribution in [0, 0.1) is 6.92 Å². The monoisotopic (exact) mass is 356 g/mol. The summed E-state index contributed by atoms with van der Waals surface area (Å²) in [6.07, 6.45) is 7.42. The molecule has 0 spiro atoms. The molecule has 0 aliphatic carbocycles. The molecule has 4 nitrogen and oxygen atoms in total. The van der Waals surface area contributed by atoms with E-state index in [-0.39, 0.29) is 0 Å². The van der Waals surface area contributed by atoms with Gasteiger partial charge in [-0.15, -0.1) is 0 Å². The Morgan fingerprint density at radius 2 is 2.04 bits per heavy atom. The molecule has 1 N–H and O–H groups in total. The van der Waals surface area contributed by atoms with Gasteiger partial charge in [-0.25, -0.2) is 0 Å². The summed E-state index contributed by atoms with van der Waals surface area (Å²) < 4.78 is 14.5. The lowest BCUT2D eigenvalue weighted by molar-refractivity contribution is 0.0707. The minimum Gasteiger partial charge on any atom is -0.491 e. The van der Waals surface area contributed by atoms with Crippen LogP contribution < -0.4 is 4.72 Å². The molecule has 0 bridgehead atoms. The molecule has 2 heterocycles. The van der Waals surface area contributed by atoms with Crippen LogP contribution in [0.3, 0.4) is 0 Å². The highest BCUT2D eigenvalue weighted by Gasteiger charge is 2.09. The van der Waals surface area contributed by atoms with E-state index in [1.807, 2.05) is 62.5 Å². The van der Waals surface area contributed by atoms with Gasteiger partial charge in [-0.1, -0.05) is 24.8 Å². The van der Waals surface area contributed by atoms with Crippen molar-refractivity contribution in [3.05, 3.63) is 84.1 Å². The third kappa shape index (κ3) is 6.93. The Morgan fingerprint density at radius 1 is 1.24 bits per heavy atom. The number of hydrogen-bond donors (Lipinski definition) is 1. The second-order valence-electron chi connectivity index (χ2n) is 5.44. The second kappa shape index (κ2) is 10.5. The molecule has 0 atom stereocenters. The summed E-state index contributed by atoms with van der Waals surface area (Å²) >= 11 is 1.59. The summed E-state index contributed by atoms with van der Waals surface area (Å²) in [5.74, 6) is 2.35. The SMILES string of the molecule is C=C/C(=C\C1=C(C)OCCO1)CSNc1cccncc(C)ccc1. The van der Waals surface area contributed by atoms with Crippen LogP contribution in [-0.2, 0) is 9.47 Å². The molecule has 1 aromatic heterocycles. The first-order valence-corrected chi connectivity index (χ1v) is 9.10. The molecule has 0 radical (unpaired) electrons. The summed E-state index contributed by atoms with van der Waals surface area (Å²) in [7, 11) is 0. The van der Waals surface area contributed by atoms with Crippen molar-refractivity contribution >= 4 is 17.6 Å². The molecule has 1 aromatic rings. The fourth-order valence-corrected chi connectivity index (χ4v) is 2.76. The lowest BCUT2D eigenvalue weighted by Gasteiger charge is -2.18. The zero-order valence-electron chi connectivity index (χ0n) is 14.7. The number of aryl methyl sites for hydroxylation is 1. The van der Waals surface area contributed by atoms with Crippen molar-refractivity contribution in [3.63, 3.8) is 0 Å². The van der Waals surface area contributed by atoms with Crippen molar-refractivity contribution in [1.82, 2.24) is 4.98 Å². The van der Waals surface area contributed by atoms with Crippen molar-refractivity contribution in [1.29, 1.82) is 0 Å². The Labute approximate surface area is 154 Å². The van der Waals surface area contributed by atoms with E-state index in [9.17, 15) is 0 Å². The first-order chi connectivity index (χ1) is 12.2. The van der Waals surface area contributed by atoms with E-state index in [0.29, 0.717) is 13.2 Å². The molecule has 5 heteroatoms. The number of rotatable bonds is 6. The third-order valence-corrected chi connectivity index (χ3v) is 4.23. The van der Waals surface area contributed by atoms with Crippen molar-refractivity contribution in [2.45, 2.75) is 13.8 Å². The zero-order valence-corrected chi connectivity index (χ0v) is 15.5. The van der Waals surface area contributed by atoms with E-state index in [2.05, 4.69) is 16.3 Å². The van der Waals surface area contributed by atoms with Gasteiger partial charge in [-0.3, -0.25) is 4.98 Å². The standard InChI is InChI=1S/C20H24N2O2S/c1-4-18(13-20-17(3)23-11-12-24-20)15-25-22-19-8-5-7-16(2)14-21-10-6-9-19/h4-10,13-14,22H,1,11-12,15H2,2-3H3/b7-5?,8-5?,9-6?,10-6?,16-7?,16-14?,18-13+,19-8?,19-9?,21-10?,21-14?. The molecule has 0 aromatic carbocycles. The number of ether oxygens (including phenoxy) is 2. The number of nitrogens with one attached hydrogen (secondary N) is 1. The molecule has 25 heavy (non-hydrogen) atoms. The van der Waals surface area contributed by atoms with Gasteiger partial charge in [-0.05, 0) is 61.2 Å². The first kappa shape index (κ1) is 18.9. The van der Waals surface area contributed by atoms with Gasteiger partial charge >= 0.3 is 0 Å². The van der Waals surface area contributed by atoms with Crippen LogP contribution in [0.1, 0.15) is 12.5 Å². The molecule has 2 rings (SSSR count). The smallest absolute Gasteiger partial charge is 0.157 e. The maximum absolute atomic E-state index is 5.63. The lowest BCUT2D eigenvalue weighted by Crippen LogP contribution is -2.11. The van der Waals surface area contributed by atoms with E-state index in [4.69, 9.17) is 9.47 Å². The van der Waals surface area contributed by atoms with Gasteiger partial charge in [0, 0.05) is 23.8 Å². The normalized spacial score (nSPS) is 14.1. The predicted molar refractivity (Wildman–Crippen MR) is 106 cm³/mol. The van der Waals surface area contributed by atoms with Crippen LogP contribution >= 0.6 is 11.9 Å². The number of hydrogen-bond acceptors (Lipinski definition) is 5. The summed E-state index contributed by atoms with van der Waals surface area (Å²) in [5, 5.41) is 0. The molecular weight excluding hydrogens is 332 g/mol. The van der Waals surface area contributed by atoms with Gasteiger partial charge in [0.1, 0.15) is 19.0 Å². The second-order valence-corrected chi connectivity index (χ2v) is 6.22. The maximum atomic E-state index is 5.63. The lowest BCUT2D eigenvalue weighted by atomic mass is 10.2. The average Bonchev–Trinajstić information content (AvgIpc) is 2.61. The van der Waals surface area contributed by atoms with Crippen molar-refractivity contribution < 1.29 is 9.47 Å². The Bertz CT molecular complexity index is 712. The molecule has 132 valence electrons. The van der Waals surface area contributed by atoms with Gasteiger partial charge in [0.25, 0.3) is 0 Å². The van der Waals surface area contributed by atoms with Crippen LogP contribution in [0.25, 0.3) is 0 Å². The van der Waals surface area contributed by atoms with E-state index in [0.717, 1.165) is 34.1 Å². The number of aromatic nitrogens is 1. The fourth-order valence-electron chi connectivity index (χ4n) is 2.02. The largest absolute Gasteiger partial charge is 0.491 e. The molecule has 1 aliphatic heterocycles. The van der Waals surface area contributed by atoms with Crippen LogP contribution in [0.5, 0.6) is 0 Å². The quantitative estimate of drug-likeness (QED) is 0.576. The molecular formula is C20H24N2O2S. The van der Waals surface area contributed by atoms with E-state index >= 15 is 0 Å². The maximum Gasteiger partial charge on any atom is 0.157 e. The van der Waals surface area contributed by atoms with Gasteiger partial charge in [0.15, 0.2) is 5.76 Å². The summed E-state index contributed by atoms with van der Waals surface area (Å²) in [6, 6.07) is 9.95. The minimum atomic E-state index is 0.582. The van der Waals surface area contributed by atoms with Gasteiger partial charge in [0.05, 0.1) is 0 Å². The van der Waals surface area contributed by atoms with Crippen molar-refractivity contribution in [3.8, 4) is 0 Å². The summed E-state index contributed by atoms with van der Waals surface area (Å²) in [4.78, 5) is 4.20. The van der Waals surface area contributed by atoms with Gasteiger partial charge in [0.2, 0.25) is 0 Å². The molecule has 0 fully saturated rings. The Hall–Kier alpha value is -2.40. The Kier molecular flexibility index (Phi) is 7.92.